The highest BCUT2D eigenvalue weighted by Gasteiger charge is 2.40. The van der Waals surface area contributed by atoms with Crippen LogP contribution in [0.5, 0.6) is 0 Å². The van der Waals surface area contributed by atoms with E-state index in [1.165, 1.54) is 12.6 Å². The molecule has 1 aromatic rings. The van der Waals surface area contributed by atoms with Crippen molar-refractivity contribution in [3.8, 4) is 0 Å². The van der Waals surface area contributed by atoms with Crippen molar-refractivity contribution in [3.63, 3.8) is 0 Å². The van der Waals surface area contributed by atoms with E-state index in [9.17, 15) is 4.79 Å². The molecule has 2 aliphatic rings. The summed E-state index contributed by atoms with van der Waals surface area (Å²) in [5, 5.41) is 3.51. The van der Waals surface area contributed by atoms with Crippen molar-refractivity contribution in [3.05, 3.63) is 22.7 Å². The normalized spacial score (nSPS) is 30.3. The van der Waals surface area contributed by atoms with Gasteiger partial charge in [-0.25, -0.2) is 9.97 Å². The number of aromatic nitrogens is 2. The number of amides is 1. The molecule has 0 aromatic carbocycles. The predicted octanol–water partition coefficient (Wildman–Crippen LogP) is 2.89. The van der Waals surface area contributed by atoms with Crippen molar-refractivity contribution in [1.29, 1.82) is 0 Å². The minimum atomic E-state index is -0.184. The number of carbonyl (C=O) groups excluding carboxylic acids is 1. The lowest BCUT2D eigenvalue weighted by molar-refractivity contribution is 0.0751. The van der Waals surface area contributed by atoms with E-state index in [0.717, 1.165) is 25.7 Å². The molecule has 2 aliphatic carbocycles. The Kier molecular flexibility index (Phi) is 4.87. The number of carbonyl (C=O) groups is 1. The SMILES string of the molecule is CC(C)c1ncc(Cl)c(C(=O)NC2C3CCCC2CC(N)C3)n1. The molecule has 2 bridgehead atoms. The third-order valence-corrected chi connectivity index (χ3v) is 5.45. The summed E-state index contributed by atoms with van der Waals surface area (Å²) in [6.07, 6.45) is 7.04. The first-order chi connectivity index (χ1) is 11.0. The number of nitrogens with two attached hydrogens (primary N) is 1. The molecule has 1 aromatic heterocycles. The minimum absolute atomic E-state index is 0.158. The van der Waals surface area contributed by atoms with Crippen molar-refractivity contribution >= 4 is 17.5 Å². The van der Waals surface area contributed by atoms with Crippen LogP contribution in [-0.2, 0) is 0 Å². The number of halogens is 1. The third-order valence-electron chi connectivity index (χ3n) is 5.17. The Labute approximate surface area is 142 Å². The van der Waals surface area contributed by atoms with Gasteiger partial charge >= 0.3 is 0 Å². The Hall–Kier alpha value is -1.20. The van der Waals surface area contributed by atoms with E-state index in [1.807, 2.05) is 13.8 Å². The molecule has 0 saturated heterocycles. The van der Waals surface area contributed by atoms with Gasteiger partial charge < -0.3 is 11.1 Å². The van der Waals surface area contributed by atoms with Crippen molar-refractivity contribution in [2.24, 2.45) is 17.6 Å². The van der Waals surface area contributed by atoms with Crippen LogP contribution in [0.15, 0.2) is 6.20 Å². The fourth-order valence-corrected chi connectivity index (χ4v) is 4.24. The quantitative estimate of drug-likeness (QED) is 0.889. The average molecular weight is 337 g/mol. The maximum absolute atomic E-state index is 12.7. The van der Waals surface area contributed by atoms with Gasteiger partial charge in [-0.3, -0.25) is 4.79 Å². The number of fused-ring (bicyclic) bond motifs is 2. The van der Waals surface area contributed by atoms with Gasteiger partial charge in [0.1, 0.15) is 11.5 Å². The first-order valence-corrected chi connectivity index (χ1v) is 8.92. The summed E-state index contributed by atoms with van der Waals surface area (Å²) in [6.45, 7) is 4.00. The van der Waals surface area contributed by atoms with Gasteiger partial charge in [0.05, 0.1) is 11.2 Å². The molecule has 3 N–H and O–H groups in total. The van der Waals surface area contributed by atoms with Crippen molar-refractivity contribution in [1.82, 2.24) is 15.3 Å². The number of nitrogens with zero attached hydrogens (tertiary/aromatic N) is 2. The molecule has 6 heteroatoms. The molecule has 0 radical (unpaired) electrons. The lowest BCUT2D eigenvalue weighted by Crippen LogP contribution is -2.53. The van der Waals surface area contributed by atoms with Crippen LogP contribution >= 0.6 is 11.6 Å². The van der Waals surface area contributed by atoms with Gasteiger partial charge in [0.25, 0.3) is 5.91 Å². The predicted molar refractivity (Wildman–Crippen MR) is 90.4 cm³/mol. The molecular formula is C17H25ClN4O. The van der Waals surface area contributed by atoms with Crippen molar-refractivity contribution in [2.45, 2.75) is 64.0 Å². The second kappa shape index (κ2) is 6.73. The van der Waals surface area contributed by atoms with E-state index in [2.05, 4.69) is 15.3 Å². The van der Waals surface area contributed by atoms with Crippen LogP contribution in [0.25, 0.3) is 0 Å². The van der Waals surface area contributed by atoms with E-state index in [-0.39, 0.29) is 23.9 Å². The van der Waals surface area contributed by atoms with E-state index < -0.39 is 0 Å². The standard InChI is InChI=1S/C17H25ClN4O/c1-9(2)16-20-8-13(18)15(21-16)17(23)22-14-10-4-3-5-11(14)7-12(19)6-10/h8-12,14H,3-7,19H2,1-2H3,(H,22,23). The summed E-state index contributed by atoms with van der Waals surface area (Å²) in [7, 11) is 0. The van der Waals surface area contributed by atoms with Crippen LogP contribution in [0, 0.1) is 11.8 Å². The summed E-state index contributed by atoms with van der Waals surface area (Å²) in [5.41, 5.74) is 6.44. The Morgan fingerprint density at radius 2 is 2.00 bits per heavy atom. The van der Waals surface area contributed by atoms with Gasteiger partial charge in [0.15, 0.2) is 0 Å². The van der Waals surface area contributed by atoms with Crippen LogP contribution in [0.2, 0.25) is 5.02 Å². The molecule has 0 spiro atoms. The maximum atomic E-state index is 12.7. The highest BCUT2D eigenvalue weighted by molar-refractivity contribution is 6.33. The molecule has 1 heterocycles. The number of rotatable bonds is 3. The zero-order valence-corrected chi connectivity index (χ0v) is 14.5. The van der Waals surface area contributed by atoms with Gasteiger partial charge in [0, 0.05) is 18.0 Å². The fraction of sp³-hybridized carbons (Fsp3) is 0.706. The molecule has 2 unspecified atom stereocenters. The Balaban J connectivity index is 1.78. The van der Waals surface area contributed by atoms with E-state index in [4.69, 9.17) is 17.3 Å². The monoisotopic (exact) mass is 336 g/mol. The number of hydrogen-bond acceptors (Lipinski definition) is 4. The van der Waals surface area contributed by atoms with E-state index >= 15 is 0 Å². The Morgan fingerprint density at radius 1 is 1.35 bits per heavy atom. The third kappa shape index (κ3) is 3.50. The summed E-state index contributed by atoms with van der Waals surface area (Å²) >= 11 is 6.15. The molecule has 2 saturated carbocycles. The second-order valence-corrected chi connectivity index (χ2v) is 7.67. The zero-order valence-electron chi connectivity index (χ0n) is 13.8. The molecule has 1 amide bonds. The van der Waals surface area contributed by atoms with Gasteiger partial charge in [-0.05, 0) is 37.5 Å². The van der Waals surface area contributed by atoms with Gasteiger partial charge in [0.2, 0.25) is 0 Å². The van der Waals surface area contributed by atoms with Crippen LogP contribution in [0.4, 0.5) is 0 Å². The molecule has 23 heavy (non-hydrogen) atoms. The van der Waals surface area contributed by atoms with Crippen LogP contribution in [0.1, 0.15) is 68.2 Å². The summed E-state index contributed by atoms with van der Waals surface area (Å²) < 4.78 is 0. The topological polar surface area (TPSA) is 80.9 Å². The zero-order chi connectivity index (χ0) is 16.6. The Bertz CT molecular complexity index is 578. The van der Waals surface area contributed by atoms with E-state index in [1.54, 1.807) is 0 Å². The average Bonchev–Trinajstić information content (AvgIpc) is 2.48. The second-order valence-electron chi connectivity index (χ2n) is 7.26. The minimum Gasteiger partial charge on any atom is -0.347 e. The highest BCUT2D eigenvalue weighted by atomic mass is 35.5. The van der Waals surface area contributed by atoms with Crippen molar-refractivity contribution < 1.29 is 4.79 Å². The molecular weight excluding hydrogens is 312 g/mol. The summed E-state index contributed by atoms with van der Waals surface area (Å²) in [5.74, 6) is 1.58. The first-order valence-electron chi connectivity index (χ1n) is 8.54. The fourth-order valence-electron chi connectivity index (χ4n) is 4.06. The van der Waals surface area contributed by atoms with Crippen LogP contribution < -0.4 is 11.1 Å². The molecule has 126 valence electrons. The largest absolute Gasteiger partial charge is 0.347 e. The lowest BCUT2D eigenvalue weighted by atomic mass is 9.67. The highest BCUT2D eigenvalue weighted by Crippen LogP contribution is 2.39. The van der Waals surface area contributed by atoms with E-state index in [0.29, 0.717) is 28.4 Å². The summed E-state index contributed by atoms with van der Waals surface area (Å²) in [4.78, 5) is 21.3. The molecule has 2 atom stereocenters. The molecule has 0 aliphatic heterocycles. The van der Waals surface area contributed by atoms with Gasteiger partial charge in [-0.1, -0.05) is 31.9 Å². The Morgan fingerprint density at radius 3 is 2.61 bits per heavy atom. The first kappa shape index (κ1) is 16.7. The van der Waals surface area contributed by atoms with Crippen LogP contribution in [0.3, 0.4) is 0 Å². The molecule has 3 rings (SSSR count). The number of nitrogens with one attached hydrogen (secondary N) is 1. The van der Waals surface area contributed by atoms with Crippen LogP contribution in [-0.4, -0.2) is 28.0 Å². The van der Waals surface area contributed by atoms with Crippen molar-refractivity contribution in [2.75, 3.05) is 0 Å². The van der Waals surface area contributed by atoms with Gasteiger partial charge in [-0.15, -0.1) is 0 Å². The number of hydrogen-bond donors (Lipinski definition) is 2. The van der Waals surface area contributed by atoms with Gasteiger partial charge in [-0.2, -0.15) is 0 Å². The maximum Gasteiger partial charge on any atom is 0.271 e. The molecule has 2 fully saturated rings. The lowest BCUT2D eigenvalue weighted by Gasteiger charge is -2.45. The molecule has 5 nitrogen and oxygen atoms in total. The smallest absolute Gasteiger partial charge is 0.271 e. The summed E-state index contributed by atoms with van der Waals surface area (Å²) in [6, 6.07) is 0.471.